The van der Waals surface area contributed by atoms with Crippen molar-refractivity contribution in [3.05, 3.63) is 70.3 Å². The molecule has 0 atom stereocenters. The van der Waals surface area contributed by atoms with E-state index in [1.54, 1.807) is 30.5 Å². The van der Waals surface area contributed by atoms with Crippen LogP contribution in [0.1, 0.15) is 17.3 Å². The Balaban J connectivity index is 1.57. The second-order valence-electron chi connectivity index (χ2n) is 6.98. The Bertz CT molecular complexity index is 1110. The number of carbonyl (C=O) groups is 1. The summed E-state index contributed by atoms with van der Waals surface area (Å²) in [6.07, 6.45) is 3.14. The van der Waals surface area contributed by atoms with Gasteiger partial charge < -0.3 is 9.80 Å². The molecule has 0 unspecified atom stereocenters. The molecule has 8 heteroatoms. The van der Waals surface area contributed by atoms with Crippen LogP contribution in [0.15, 0.2) is 48.8 Å². The molecule has 7 nitrogen and oxygen atoms in total. The molecule has 2 heterocycles. The second kappa shape index (κ2) is 7.46. The van der Waals surface area contributed by atoms with Gasteiger partial charge in [0.2, 0.25) is 0 Å². The van der Waals surface area contributed by atoms with Crippen LogP contribution in [0, 0.1) is 15.9 Å². The summed E-state index contributed by atoms with van der Waals surface area (Å²) < 4.78 is 14.5. The van der Waals surface area contributed by atoms with Crippen molar-refractivity contribution in [1.29, 1.82) is 0 Å². The van der Waals surface area contributed by atoms with E-state index in [1.165, 1.54) is 25.3 Å². The van der Waals surface area contributed by atoms with Gasteiger partial charge in [-0.15, -0.1) is 0 Å². The zero-order valence-corrected chi connectivity index (χ0v) is 15.8. The Morgan fingerprint density at radius 2 is 1.69 bits per heavy atom. The van der Waals surface area contributed by atoms with Crippen LogP contribution in [0.2, 0.25) is 0 Å². The van der Waals surface area contributed by atoms with Gasteiger partial charge in [-0.25, -0.2) is 4.39 Å². The SMILES string of the molecule is CC(=O)c1ccc(N2CCN(c3ccc([N+](=O)[O-])c4cnccc34)CC2)c(F)c1. The van der Waals surface area contributed by atoms with Gasteiger partial charge in [0.25, 0.3) is 5.69 Å². The fourth-order valence-corrected chi connectivity index (χ4v) is 3.76. The molecule has 1 aliphatic heterocycles. The van der Waals surface area contributed by atoms with E-state index in [2.05, 4.69) is 9.88 Å². The number of pyridine rings is 1. The predicted octanol–water partition coefficient (Wildman–Crippen LogP) is 3.81. The number of rotatable bonds is 4. The van der Waals surface area contributed by atoms with Gasteiger partial charge in [0, 0.05) is 61.3 Å². The van der Waals surface area contributed by atoms with Crippen molar-refractivity contribution in [3.63, 3.8) is 0 Å². The van der Waals surface area contributed by atoms with Gasteiger partial charge in [0.1, 0.15) is 5.82 Å². The van der Waals surface area contributed by atoms with Crippen LogP contribution in [0.25, 0.3) is 10.8 Å². The summed E-state index contributed by atoms with van der Waals surface area (Å²) >= 11 is 0. The van der Waals surface area contributed by atoms with E-state index in [9.17, 15) is 19.3 Å². The molecule has 2 aromatic carbocycles. The lowest BCUT2D eigenvalue weighted by Crippen LogP contribution is -2.46. The maximum absolute atomic E-state index is 14.5. The number of fused-ring (bicyclic) bond motifs is 1. The molecule has 0 amide bonds. The molecule has 148 valence electrons. The molecule has 0 N–H and O–H groups in total. The lowest BCUT2D eigenvalue weighted by atomic mass is 10.1. The van der Waals surface area contributed by atoms with E-state index in [0.717, 1.165) is 11.1 Å². The molecule has 29 heavy (non-hydrogen) atoms. The van der Waals surface area contributed by atoms with Crippen molar-refractivity contribution >= 4 is 33.6 Å². The van der Waals surface area contributed by atoms with Crippen molar-refractivity contribution in [1.82, 2.24) is 4.98 Å². The summed E-state index contributed by atoms with van der Waals surface area (Å²) in [4.78, 5) is 30.4. The van der Waals surface area contributed by atoms with Gasteiger partial charge in [-0.3, -0.25) is 19.9 Å². The van der Waals surface area contributed by atoms with Crippen molar-refractivity contribution in [2.45, 2.75) is 6.92 Å². The van der Waals surface area contributed by atoms with Gasteiger partial charge >= 0.3 is 0 Å². The average molecular weight is 394 g/mol. The van der Waals surface area contributed by atoms with E-state index in [-0.39, 0.29) is 11.5 Å². The first-order valence-corrected chi connectivity index (χ1v) is 9.27. The summed E-state index contributed by atoms with van der Waals surface area (Å²) in [6, 6.07) is 9.62. The highest BCUT2D eigenvalue weighted by atomic mass is 19.1. The van der Waals surface area contributed by atoms with Gasteiger partial charge in [0.05, 0.1) is 16.0 Å². The number of halogens is 1. The summed E-state index contributed by atoms with van der Waals surface area (Å²) in [5, 5.41) is 12.6. The minimum Gasteiger partial charge on any atom is -0.367 e. The van der Waals surface area contributed by atoms with E-state index >= 15 is 0 Å². The third kappa shape index (κ3) is 3.49. The van der Waals surface area contributed by atoms with E-state index in [4.69, 9.17) is 0 Å². The van der Waals surface area contributed by atoms with Crippen LogP contribution in [-0.2, 0) is 0 Å². The Morgan fingerprint density at radius 1 is 1.03 bits per heavy atom. The van der Waals surface area contributed by atoms with Crippen molar-refractivity contribution in [2.75, 3.05) is 36.0 Å². The third-order valence-electron chi connectivity index (χ3n) is 5.28. The fraction of sp³-hybridized carbons (Fsp3) is 0.238. The van der Waals surface area contributed by atoms with Gasteiger partial charge in [-0.2, -0.15) is 0 Å². The van der Waals surface area contributed by atoms with Crippen LogP contribution in [-0.4, -0.2) is 41.9 Å². The van der Waals surface area contributed by atoms with Crippen LogP contribution in [0.4, 0.5) is 21.5 Å². The summed E-state index contributed by atoms with van der Waals surface area (Å²) in [6.45, 7) is 3.89. The number of anilines is 2. The minimum atomic E-state index is -0.405. The van der Waals surface area contributed by atoms with Gasteiger partial charge in [-0.1, -0.05) is 0 Å². The quantitative estimate of drug-likeness (QED) is 0.380. The normalized spacial score (nSPS) is 14.3. The van der Waals surface area contributed by atoms with Crippen molar-refractivity contribution in [2.24, 2.45) is 0 Å². The smallest absolute Gasteiger partial charge is 0.278 e. The number of nitro groups is 1. The number of nitrogens with zero attached hydrogens (tertiary/aromatic N) is 4. The van der Waals surface area contributed by atoms with E-state index < -0.39 is 10.7 Å². The molecular weight excluding hydrogens is 375 g/mol. The Hall–Kier alpha value is -3.55. The molecule has 1 aromatic heterocycles. The molecule has 0 bridgehead atoms. The number of nitro benzene ring substituents is 1. The van der Waals surface area contributed by atoms with E-state index in [0.29, 0.717) is 42.8 Å². The predicted molar refractivity (Wildman–Crippen MR) is 109 cm³/mol. The molecule has 1 fully saturated rings. The Morgan fingerprint density at radius 3 is 2.31 bits per heavy atom. The maximum Gasteiger partial charge on any atom is 0.278 e. The summed E-state index contributed by atoms with van der Waals surface area (Å²) in [7, 11) is 0. The lowest BCUT2D eigenvalue weighted by Gasteiger charge is -2.38. The molecular formula is C21H19FN4O3. The lowest BCUT2D eigenvalue weighted by molar-refractivity contribution is -0.383. The van der Waals surface area contributed by atoms with Crippen LogP contribution in [0.5, 0.6) is 0 Å². The molecule has 1 saturated heterocycles. The number of ketones is 1. The Labute approximate surface area is 166 Å². The number of carbonyl (C=O) groups excluding carboxylic acids is 1. The highest BCUT2D eigenvalue weighted by Gasteiger charge is 2.23. The summed E-state index contributed by atoms with van der Waals surface area (Å²) in [5.74, 6) is -0.571. The zero-order chi connectivity index (χ0) is 20.5. The highest BCUT2D eigenvalue weighted by Crippen LogP contribution is 2.34. The fourth-order valence-electron chi connectivity index (χ4n) is 3.76. The number of piperazine rings is 1. The first kappa shape index (κ1) is 18.8. The van der Waals surface area contributed by atoms with Crippen molar-refractivity contribution < 1.29 is 14.1 Å². The highest BCUT2D eigenvalue weighted by molar-refractivity contribution is 5.99. The van der Waals surface area contributed by atoms with Crippen molar-refractivity contribution in [3.8, 4) is 0 Å². The first-order chi connectivity index (χ1) is 14.0. The number of aromatic nitrogens is 1. The molecule has 0 spiro atoms. The van der Waals surface area contributed by atoms with Crippen LogP contribution >= 0.6 is 0 Å². The summed E-state index contributed by atoms with van der Waals surface area (Å²) in [5.41, 5.74) is 1.77. The monoisotopic (exact) mass is 394 g/mol. The molecule has 3 aromatic rings. The number of hydrogen-bond acceptors (Lipinski definition) is 6. The van der Waals surface area contributed by atoms with Gasteiger partial charge in [-0.05, 0) is 37.3 Å². The Kier molecular flexibility index (Phi) is 4.84. The maximum atomic E-state index is 14.5. The average Bonchev–Trinajstić information content (AvgIpc) is 2.73. The molecule has 1 aliphatic rings. The number of Topliss-reactive ketones (excluding diaryl/α,β-unsaturated/α-hetero) is 1. The molecule has 0 saturated carbocycles. The number of benzene rings is 2. The second-order valence-corrected chi connectivity index (χ2v) is 6.98. The molecule has 0 radical (unpaired) electrons. The van der Waals surface area contributed by atoms with Crippen LogP contribution in [0.3, 0.4) is 0 Å². The molecule has 4 rings (SSSR count). The third-order valence-corrected chi connectivity index (χ3v) is 5.28. The number of non-ortho nitro benzene ring substituents is 1. The minimum absolute atomic E-state index is 0.0307. The topological polar surface area (TPSA) is 79.6 Å². The largest absolute Gasteiger partial charge is 0.367 e. The standard InChI is InChI=1S/C21H19FN4O3/c1-14(27)15-2-3-21(18(22)12-15)25-10-8-24(9-11-25)19-4-5-20(26(28)29)17-13-23-7-6-16(17)19/h2-7,12-13H,8-11H2,1H3. The van der Waals surface area contributed by atoms with E-state index in [1.807, 2.05) is 4.90 Å². The molecule has 0 aliphatic carbocycles. The number of hydrogen-bond donors (Lipinski definition) is 0. The van der Waals surface area contributed by atoms with Gasteiger partial charge in [0.15, 0.2) is 5.78 Å². The zero-order valence-electron chi connectivity index (χ0n) is 15.8. The first-order valence-electron chi connectivity index (χ1n) is 9.27. The van der Waals surface area contributed by atoms with Crippen LogP contribution < -0.4 is 9.80 Å².